The summed E-state index contributed by atoms with van der Waals surface area (Å²) < 4.78 is 35.1. The molecule has 4 aliphatic heterocycles. The standard InChI is InChI=1S/C19H27N5O4S/c25-18(16-7-17(28-22-16)12-1-2-12)21-13-5-14-3-4-15(6-13)24(14)29(26,27)23-10-19(11-23)8-20-9-19/h7,12-15,20H,1-6,8-11H2,(H,21,25)/t13?,14-,15+. The summed E-state index contributed by atoms with van der Waals surface area (Å²) in [6.07, 6.45) is 5.26. The maximum Gasteiger partial charge on any atom is 0.282 e. The largest absolute Gasteiger partial charge is 0.360 e. The molecule has 5 heterocycles. The first kappa shape index (κ1) is 18.3. The van der Waals surface area contributed by atoms with Crippen LogP contribution in [0.15, 0.2) is 10.6 Å². The van der Waals surface area contributed by atoms with Crippen molar-refractivity contribution in [3.8, 4) is 0 Å². The average molecular weight is 422 g/mol. The highest BCUT2D eigenvalue weighted by molar-refractivity contribution is 7.86. The van der Waals surface area contributed by atoms with Gasteiger partial charge in [0.25, 0.3) is 16.1 Å². The lowest BCUT2D eigenvalue weighted by Crippen LogP contribution is -2.73. The highest BCUT2D eigenvalue weighted by Gasteiger charge is 2.56. The van der Waals surface area contributed by atoms with Gasteiger partial charge in [-0.25, -0.2) is 0 Å². The molecule has 1 aromatic heterocycles. The number of nitrogens with one attached hydrogen (secondary N) is 2. The molecule has 10 heteroatoms. The number of carbonyl (C=O) groups is 1. The van der Waals surface area contributed by atoms with Crippen LogP contribution < -0.4 is 10.6 Å². The highest BCUT2D eigenvalue weighted by atomic mass is 32.2. The molecule has 0 radical (unpaired) electrons. The Balaban J connectivity index is 1.10. The normalized spacial score (nSPS) is 34.0. The molecule has 5 fully saturated rings. The summed E-state index contributed by atoms with van der Waals surface area (Å²) in [5, 5.41) is 10.2. The summed E-state index contributed by atoms with van der Waals surface area (Å²) in [6, 6.07) is 1.67. The van der Waals surface area contributed by atoms with E-state index in [2.05, 4.69) is 15.8 Å². The van der Waals surface area contributed by atoms with Gasteiger partial charge in [0.05, 0.1) is 0 Å². The van der Waals surface area contributed by atoms with Crippen molar-refractivity contribution in [1.82, 2.24) is 24.4 Å². The number of hydrogen-bond acceptors (Lipinski definition) is 6. The third-order valence-electron chi connectivity index (χ3n) is 7.36. The second-order valence-corrected chi connectivity index (χ2v) is 11.5. The molecule has 3 atom stereocenters. The third kappa shape index (κ3) is 2.95. The van der Waals surface area contributed by atoms with E-state index in [1.54, 1.807) is 14.7 Å². The number of rotatable bonds is 5. The Kier molecular flexibility index (Phi) is 3.95. The minimum atomic E-state index is -3.41. The lowest BCUT2D eigenvalue weighted by Gasteiger charge is -2.56. The van der Waals surface area contributed by atoms with Gasteiger partial charge in [0.15, 0.2) is 5.69 Å². The number of nitrogens with zero attached hydrogens (tertiary/aromatic N) is 3. The van der Waals surface area contributed by atoms with E-state index in [4.69, 9.17) is 4.52 Å². The Bertz CT molecular complexity index is 916. The Morgan fingerprint density at radius 1 is 1.17 bits per heavy atom. The van der Waals surface area contributed by atoms with Crippen LogP contribution in [0.3, 0.4) is 0 Å². The van der Waals surface area contributed by atoms with Crippen LogP contribution in [0.5, 0.6) is 0 Å². The zero-order valence-corrected chi connectivity index (χ0v) is 17.2. The lowest BCUT2D eigenvalue weighted by molar-refractivity contribution is 0.00959. The Labute approximate surface area is 170 Å². The molecule has 5 aliphatic rings. The maximum atomic E-state index is 13.2. The molecule has 1 aromatic rings. The minimum absolute atomic E-state index is 0.0221. The maximum absolute atomic E-state index is 13.2. The number of hydrogen-bond donors (Lipinski definition) is 2. The van der Waals surface area contributed by atoms with Crippen molar-refractivity contribution in [3.63, 3.8) is 0 Å². The van der Waals surface area contributed by atoms with Gasteiger partial charge in [-0.15, -0.1) is 0 Å². The molecular formula is C19H27N5O4S. The molecule has 2 bridgehead atoms. The first-order valence-electron chi connectivity index (χ1n) is 10.7. The zero-order valence-electron chi connectivity index (χ0n) is 16.3. The van der Waals surface area contributed by atoms with E-state index in [0.29, 0.717) is 37.5 Å². The van der Waals surface area contributed by atoms with Crippen LogP contribution in [0.25, 0.3) is 0 Å². The quantitative estimate of drug-likeness (QED) is 0.714. The van der Waals surface area contributed by atoms with Gasteiger partial charge in [0.1, 0.15) is 5.76 Å². The molecule has 1 amide bonds. The second kappa shape index (κ2) is 6.26. The number of carbonyl (C=O) groups excluding carboxylic acids is 1. The van der Waals surface area contributed by atoms with Crippen molar-refractivity contribution in [2.45, 2.75) is 62.6 Å². The lowest BCUT2D eigenvalue weighted by atomic mass is 9.76. The molecule has 9 nitrogen and oxygen atoms in total. The Morgan fingerprint density at radius 3 is 2.45 bits per heavy atom. The van der Waals surface area contributed by atoms with Crippen molar-refractivity contribution in [2.75, 3.05) is 26.2 Å². The van der Waals surface area contributed by atoms with Gasteiger partial charge in [-0.1, -0.05) is 5.16 Å². The topological polar surface area (TPSA) is 108 Å². The van der Waals surface area contributed by atoms with Crippen LogP contribution in [0.4, 0.5) is 0 Å². The molecule has 1 aliphatic carbocycles. The van der Waals surface area contributed by atoms with Crippen LogP contribution >= 0.6 is 0 Å². The first-order chi connectivity index (χ1) is 13.9. The fourth-order valence-corrected chi connectivity index (χ4v) is 7.82. The third-order valence-corrected chi connectivity index (χ3v) is 9.40. The summed E-state index contributed by atoms with van der Waals surface area (Å²) in [5.74, 6) is 0.998. The van der Waals surface area contributed by atoms with E-state index in [0.717, 1.165) is 44.5 Å². The minimum Gasteiger partial charge on any atom is -0.360 e. The van der Waals surface area contributed by atoms with Crippen molar-refractivity contribution in [3.05, 3.63) is 17.5 Å². The van der Waals surface area contributed by atoms with Gasteiger partial charge < -0.3 is 15.2 Å². The molecular weight excluding hydrogens is 394 g/mol. The van der Waals surface area contributed by atoms with Crippen LogP contribution in [0, 0.1) is 5.41 Å². The smallest absolute Gasteiger partial charge is 0.282 e. The van der Waals surface area contributed by atoms with Crippen LogP contribution in [-0.2, 0) is 10.2 Å². The molecule has 6 rings (SSSR count). The number of piperidine rings is 1. The Hall–Kier alpha value is -1.49. The summed E-state index contributed by atoms with van der Waals surface area (Å²) in [4.78, 5) is 12.6. The second-order valence-electron chi connectivity index (χ2n) is 9.62. The molecule has 1 spiro atoms. The number of fused-ring (bicyclic) bond motifs is 2. The van der Waals surface area contributed by atoms with E-state index in [1.165, 1.54) is 0 Å². The SMILES string of the molecule is O=C(NC1C[C@H]2CC[C@@H](C1)N2S(=O)(=O)N1CC2(CNC2)C1)c1cc(C2CC2)on1. The average Bonchev–Trinajstić information content (AvgIpc) is 3.25. The van der Waals surface area contributed by atoms with E-state index >= 15 is 0 Å². The van der Waals surface area contributed by atoms with E-state index < -0.39 is 10.2 Å². The van der Waals surface area contributed by atoms with Gasteiger partial charge in [0, 0.05) is 61.7 Å². The predicted molar refractivity (Wildman–Crippen MR) is 103 cm³/mol. The van der Waals surface area contributed by atoms with Crippen molar-refractivity contribution >= 4 is 16.1 Å². The Morgan fingerprint density at radius 2 is 1.86 bits per heavy atom. The molecule has 1 unspecified atom stereocenters. The first-order valence-corrected chi connectivity index (χ1v) is 12.1. The van der Waals surface area contributed by atoms with Gasteiger partial charge in [-0.05, 0) is 38.5 Å². The fraction of sp³-hybridized carbons (Fsp3) is 0.789. The van der Waals surface area contributed by atoms with Crippen LogP contribution in [-0.4, -0.2) is 72.4 Å². The van der Waals surface area contributed by atoms with Crippen molar-refractivity contribution in [2.24, 2.45) is 5.41 Å². The molecule has 2 N–H and O–H groups in total. The predicted octanol–water partition coefficient (Wildman–Crippen LogP) is 0.427. The molecule has 4 saturated heterocycles. The number of amides is 1. The van der Waals surface area contributed by atoms with Crippen LogP contribution in [0.2, 0.25) is 0 Å². The number of aromatic nitrogens is 1. The van der Waals surface area contributed by atoms with Gasteiger partial charge in [-0.2, -0.15) is 17.0 Å². The summed E-state index contributed by atoms with van der Waals surface area (Å²) in [6.45, 7) is 3.11. The van der Waals surface area contributed by atoms with Crippen molar-refractivity contribution in [1.29, 1.82) is 0 Å². The summed E-state index contributed by atoms with van der Waals surface area (Å²) in [5.41, 5.74) is 0.504. The molecule has 1 saturated carbocycles. The van der Waals surface area contributed by atoms with Gasteiger partial charge in [-0.3, -0.25) is 4.79 Å². The molecule has 0 aromatic carbocycles. The summed E-state index contributed by atoms with van der Waals surface area (Å²) >= 11 is 0. The van der Waals surface area contributed by atoms with E-state index in [-0.39, 0.29) is 29.4 Å². The van der Waals surface area contributed by atoms with E-state index in [9.17, 15) is 13.2 Å². The highest BCUT2D eigenvalue weighted by Crippen LogP contribution is 2.43. The zero-order chi connectivity index (χ0) is 19.8. The van der Waals surface area contributed by atoms with E-state index in [1.807, 2.05) is 0 Å². The van der Waals surface area contributed by atoms with Gasteiger partial charge >= 0.3 is 0 Å². The van der Waals surface area contributed by atoms with Crippen LogP contribution in [0.1, 0.15) is 60.7 Å². The fourth-order valence-electron chi connectivity index (χ4n) is 5.55. The van der Waals surface area contributed by atoms with Crippen molar-refractivity contribution < 1.29 is 17.7 Å². The monoisotopic (exact) mass is 421 g/mol. The summed E-state index contributed by atoms with van der Waals surface area (Å²) in [7, 11) is -3.41. The molecule has 29 heavy (non-hydrogen) atoms. The molecule has 158 valence electrons. The van der Waals surface area contributed by atoms with Gasteiger partial charge in [0.2, 0.25) is 0 Å².